The van der Waals surface area contributed by atoms with Crippen LogP contribution in [0.2, 0.25) is 0 Å². The van der Waals surface area contributed by atoms with E-state index in [9.17, 15) is 4.79 Å². The Hall–Kier alpha value is -1.69. The highest BCUT2D eigenvalue weighted by molar-refractivity contribution is 7.14. The topological polar surface area (TPSA) is 70.7 Å². The van der Waals surface area contributed by atoms with Gasteiger partial charge in [-0.1, -0.05) is 6.92 Å². The molecule has 1 unspecified atom stereocenters. The van der Waals surface area contributed by atoms with Gasteiger partial charge in [0, 0.05) is 4.88 Å². The van der Waals surface area contributed by atoms with E-state index in [4.69, 9.17) is 0 Å². The molecule has 1 amide bonds. The van der Waals surface area contributed by atoms with E-state index in [2.05, 4.69) is 27.4 Å². The van der Waals surface area contributed by atoms with E-state index < -0.39 is 0 Å². The lowest BCUT2D eigenvalue weighted by molar-refractivity contribution is 0.102. The van der Waals surface area contributed by atoms with Crippen LogP contribution in [-0.2, 0) is 12.8 Å². The molecule has 1 atom stereocenters. The standard InChI is InChI=1S/C12H14N4OS/c1-7-2-3-9-8(4-7)5-10(18-9)11(17)15-12-13-6-14-16-12/h5-7H,2-4H2,1H3,(H2,13,14,15,16,17). The third kappa shape index (κ3) is 2.15. The second-order valence-corrected chi connectivity index (χ2v) is 5.83. The summed E-state index contributed by atoms with van der Waals surface area (Å²) in [5.41, 5.74) is 1.33. The summed E-state index contributed by atoms with van der Waals surface area (Å²) >= 11 is 1.59. The fourth-order valence-corrected chi connectivity index (χ4v) is 3.36. The van der Waals surface area contributed by atoms with Gasteiger partial charge in [0.25, 0.3) is 5.91 Å². The van der Waals surface area contributed by atoms with Gasteiger partial charge < -0.3 is 0 Å². The zero-order chi connectivity index (χ0) is 12.5. The molecule has 0 bridgehead atoms. The van der Waals surface area contributed by atoms with Gasteiger partial charge in [-0.25, -0.2) is 5.10 Å². The van der Waals surface area contributed by atoms with Gasteiger partial charge in [0.1, 0.15) is 6.33 Å². The van der Waals surface area contributed by atoms with E-state index in [1.54, 1.807) is 11.3 Å². The summed E-state index contributed by atoms with van der Waals surface area (Å²) < 4.78 is 0. The first-order chi connectivity index (χ1) is 8.72. The molecule has 0 radical (unpaired) electrons. The first kappa shape index (κ1) is 11.4. The van der Waals surface area contributed by atoms with E-state index in [0.717, 1.165) is 23.6 Å². The van der Waals surface area contributed by atoms with Crippen molar-refractivity contribution in [3.8, 4) is 0 Å². The summed E-state index contributed by atoms with van der Waals surface area (Å²) in [6.45, 7) is 2.26. The number of rotatable bonds is 2. The van der Waals surface area contributed by atoms with E-state index in [-0.39, 0.29) is 5.91 Å². The number of anilines is 1. The summed E-state index contributed by atoms with van der Waals surface area (Å²) in [6, 6.07) is 2.02. The largest absolute Gasteiger partial charge is 0.290 e. The molecule has 6 heteroatoms. The predicted molar refractivity (Wildman–Crippen MR) is 69.8 cm³/mol. The lowest BCUT2D eigenvalue weighted by Crippen LogP contribution is -2.11. The SMILES string of the molecule is CC1CCc2sc(C(=O)Nc3ncn[nH]3)cc2C1. The number of H-pyrrole nitrogens is 1. The number of carbonyl (C=O) groups is 1. The van der Waals surface area contributed by atoms with Crippen LogP contribution in [0.1, 0.15) is 33.5 Å². The fourth-order valence-electron chi connectivity index (χ4n) is 2.25. The van der Waals surface area contributed by atoms with Crippen molar-refractivity contribution >= 4 is 23.2 Å². The molecule has 2 aromatic heterocycles. The van der Waals surface area contributed by atoms with Crippen molar-refractivity contribution in [2.24, 2.45) is 5.92 Å². The van der Waals surface area contributed by atoms with Crippen LogP contribution in [-0.4, -0.2) is 21.1 Å². The third-order valence-electron chi connectivity index (χ3n) is 3.20. The Morgan fingerprint density at radius 3 is 3.28 bits per heavy atom. The molecule has 0 saturated carbocycles. The fraction of sp³-hybridized carbons (Fsp3) is 0.417. The highest BCUT2D eigenvalue weighted by atomic mass is 32.1. The van der Waals surface area contributed by atoms with Gasteiger partial charge in [0.2, 0.25) is 5.95 Å². The molecule has 5 nitrogen and oxygen atoms in total. The number of aryl methyl sites for hydroxylation is 1. The minimum Gasteiger partial charge on any atom is -0.290 e. The number of aromatic amines is 1. The quantitative estimate of drug-likeness (QED) is 0.872. The van der Waals surface area contributed by atoms with Crippen molar-refractivity contribution in [2.75, 3.05) is 5.32 Å². The van der Waals surface area contributed by atoms with Crippen LogP contribution in [0.5, 0.6) is 0 Å². The van der Waals surface area contributed by atoms with Gasteiger partial charge >= 0.3 is 0 Å². The van der Waals surface area contributed by atoms with Crippen LogP contribution >= 0.6 is 11.3 Å². The highest BCUT2D eigenvalue weighted by Gasteiger charge is 2.20. The monoisotopic (exact) mass is 262 g/mol. The predicted octanol–water partition coefficient (Wildman–Crippen LogP) is 2.24. The minimum absolute atomic E-state index is 0.112. The summed E-state index contributed by atoms with van der Waals surface area (Å²) in [7, 11) is 0. The number of carbonyl (C=O) groups excluding carboxylic acids is 1. The Morgan fingerprint density at radius 1 is 1.61 bits per heavy atom. The van der Waals surface area contributed by atoms with Crippen molar-refractivity contribution in [3.63, 3.8) is 0 Å². The summed E-state index contributed by atoms with van der Waals surface area (Å²) in [4.78, 5) is 18.0. The molecule has 2 heterocycles. The number of thiophene rings is 1. The number of nitrogens with zero attached hydrogens (tertiary/aromatic N) is 2. The average molecular weight is 262 g/mol. The maximum atomic E-state index is 12.0. The maximum Gasteiger partial charge on any atom is 0.268 e. The molecule has 0 fully saturated rings. The van der Waals surface area contributed by atoms with Gasteiger partial charge in [-0.15, -0.1) is 11.3 Å². The van der Waals surface area contributed by atoms with Crippen molar-refractivity contribution < 1.29 is 4.79 Å². The zero-order valence-electron chi connectivity index (χ0n) is 10.1. The van der Waals surface area contributed by atoms with Crippen LogP contribution in [0.3, 0.4) is 0 Å². The summed E-state index contributed by atoms with van der Waals surface area (Å²) in [5, 5.41) is 9.02. The van der Waals surface area contributed by atoms with Gasteiger partial charge in [-0.2, -0.15) is 10.1 Å². The number of nitrogens with one attached hydrogen (secondary N) is 2. The van der Waals surface area contributed by atoms with Crippen molar-refractivity contribution in [1.29, 1.82) is 0 Å². The van der Waals surface area contributed by atoms with E-state index in [1.807, 2.05) is 6.07 Å². The number of aromatic nitrogens is 3. The first-order valence-corrected chi connectivity index (χ1v) is 6.82. The summed E-state index contributed by atoms with van der Waals surface area (Å²) in [5.74, 6) is 0.996. The Balaban J connectivity index is 1.78. The Kier molecular flexibility index (Phi) is 2.87. The van der Waals surface area contributed by atoms with Crippen molar-refractivity contribution in [3.05, 3.63) is 27.7 Å². The number of hydrogen-bond donors (Lipinski definition) is 2. The van der Waals surface area contributed by atoms with Gasteiger partial charge in [-0.05, 0) is 36.8 Å². The van der Waals surface area contributed by atoms with Crippen molar-refractivity contribution in [1.82, 2.24) is 15.2 Å². The molecule has 0 aliphatic heterocycles. The number of amides is 1. The number of fused-ring (bicyclic) bond motifs is 1. The molecular formula is C12H14N4OS. The van der Waals surface area contributed by atoms with E-state index >= 15 is 0 Å². The molecule has 3 rings (SSSR count). The maximum absolute atomic E-state index is 12.0. The van der Waals surface area contributed by atoms with Crippen LogP contribution in [0.25, 0.3) is 0 Å². The molecule has 1 aliphatic rings. The smallest absolute Gasteiger partial charge is 0.268 e. The van der Waals surface area contributed by atoms with E-state index in [1.165, 1.54) is 23.2 Å². The molecule has 1 aliphatic carbocycles. The minimum atomic E-state index is -0.112. The molecule has 0 spiro atoms. The Bertz CT molecular complexity index is 561. The number of hydrogen-bond acceptors (Lipinski definition) is 4. The molecule has 0 saturated heterocycles. The van der Waals surface area contributed by atoms with Crippen LogP contribution in [0.15, 0.2) is 12.4 Å². The van der Waals surface area contributed by atoms with Crippen LogP contribution in [0, 0.1) is 5.92 Å². The lowest BCUT2D eigenvalue weighted by Gasteiger charge is -2.16. The average Bonchev–Trinajstić information content (AvgIpc) is 2.96. The van der Waals surface area contributed by atoms with Gasteiger partial charge in [-0.3, -0.25) is 10.1 Å². The normalized spacial score (nSPS) is 18.4. The highest BCUT2D eigenvalue weighted by Crippen LogP contribution is 2.32. The zero-order valence-corrected chi connectivity index (χ0v) is 10.9. The molecule has 94 valence electrons. The molecular weight excluding hydrogens is 248 g/mol. The van der Waals surface area contributed by atoms with Crippen LogP contribution < -0.4 is 5.32 Å². The lowest BCUT2D eigenvalue weighted by atomic mass is 9.90. The Morgan fingerprint density at radius 2 is 2.50 bits per heavy atom. The summed E-state index contributed by atoms with van der Waals surface area (Å²) in [6.07, 6.45) is 4.77. The third-order valence-corrected chi connectivity index (χ3v) is 4.44. The second-order valence-electron chi connectivity index (χ2n) is 4.70. The van der Waals surface area contributed by atoms with Crippen molar-refractivity contribution in [2.45, 2.75) is 26.2 Å². The van der Waals surface area contributed by atoms with Gasteiger partial charge in [0.15, 0.2) is 0 Å². The van der Waals surface area contributed by atoms with E-state index in [0.29, 0.717) is 5.95 Å². The van der Waals surface area contributed by atoms with Crippen LogP contribution in [0.4, 0.5) is 5.95 Å². The Labute approximate surface area is 109 Å². The first-order valence-electron chi connectivity index (χ1n) is 6.00. The molecule has 2 N–H and O–H groups in total. The second kappa shape index (κ2) is 4.53. The molecule has 0 aromatic carbocycles. The molecule has 18 heavy (non-hydrogen) atoms. The van der Waals surface area contributed by atoms with Gasteiger partial charge in [0.05, 0.1) is 4.88 Å². The molecule has 2 aromatic rings.